The molecule has 2 aliphatic rings. The van der Waals surface area contributed by atoms with Crippen LogP contribution < -0.4 is 5.32 Å². The van der Waals surface area contributed by atoms with Crippen molar-refractivity contribution in [1.29, 1.82) is 0 Å². The summed E-state index contributed by atoms with van der Waals surface area (Å²) in [5, 5.41) is 3.14. The molecule has 0 atom stereocenters. The molecule has 1 aromatic heterocycles. The van der Waals surface area contributed by atoms with Gasteiger partial charge in [-0.25, -0.2) is 4.98 Å². The number of aromatic nitrogens is 2. The SMILES string of the molecule is FC(F)(F)c1nc(C2CCCC2)c2n1CCNC2. The van der Waals surface area contributed by atoms with E-state index in [9.17, 15) is 13.2 Å². The summed E-state index contributed by atoms with van der Waals surface area (Å²) in [6.45, 7) is 1.45. The maximum Gasteiger partial charge on any atom is 0.449 e. The second-order valence-corrected chi connectivity index (χ2v) is 5.07. The molecule has 0 spiro atoms. The Morgan fingerprint density at radius 2 is 1.94 bits per heavy atom. The molecule has 3 rings (SSSR count). The highest BCUT2D eigenvalue weighted by Gasteiger charge is 2.40. The highest BCUT2D eigenvalue weighted by Crippen LogP contribution is 2.39. The summed E-state index contributed by atoms with van der Waals surface area (Å²) in [5.74, 6) is -0.483. The maximum absolute atomic E-state index is 13.0. The number of nitrogens with zero attached hydrogens (tertiary/aromatic N) is 2. The second-order valence-electron chi connectivity index (χ2n) is 5.07. The van der Waals surface area contributed by atoms with E-state index in [4.69, 9.17) is 0 Å². The molecule has 18 heavy (non-hydrogen) atoms. The zero-order valence-corrected chi connectivity index (χ0v) is 10.1. The van der Waals surface area contributed by atoms with Gasteiger partial charge in [0, 0.05) is 25.6 Å². The van der Waals surface area contributed by atoms with Crippen molar-refractivity contribution in [2.75, 3.05) is 6.54 Å². The molecule has 1 aromatic rings. The molecule has 0 radical (unpaired) electrons. The van der Waals surface area contributed by atoms with Gasteiger partial charge in [0.1, 0.15) is 0 Å². The number of alkyl halides is 3. The Morgan fingerprint density at radius 3 is 2.61 bits per heavy atom. The van der Waals surface area contributed by atoms with Gasteiger partial charge < -0.3 is 9.88 Å². The first-order chi connectivity index (χ1) is 8.57. The van der Waals surface area contributed by atoms with E-state index in [0.29, 0.717) is 25.3 Å². The van der Waals surface area contributed by atoms with Crippen molar-refractivity contribution in [3.8, 4) is 0 Å². The molecule has 0 amide bonds. The van der Waals surface area contributed by atoms with E-state index < -0.39 is 12.0 Å². The molecule has 3 nitrogen and oxygen atoms in total. The first-order valence-electron chi connectivity index (χ1n) is 6.44. The van der Waals surface area contributed by atoms with Crippen LogP contribution in [0.2, 0.25) is 0 Å². The van der Waals surface area contributed by atoms with Crippen LogP contribution in [0.1, 0.15) is 48.8 Å². The molecule has 0 bridgehead atoms. The molecule has 1 N–H and O–H groups in total. The third kappa shape index (κ3) is 1.92. The Hall–Kier alpha value is -1.04. The lowest BCUT2D eigenvalue weighted by Gasteiger charge is -2.20. The Morgan fingerprint density at radius 1 is 1.22 bits per heavy atom. The van der Waals surface area contributed by atoms with Crippen molar-refractivity contribution in [1.82, 2.24) is 14.9 Å². The minimum absolute atomic E-state index is 0.224. The van der Waals surface area contributed by atoms with Crippen LogP contribution in [0.25, 0.3) is 0 Å². The van der Waals surface area contributed by atoms with Gasteiger partial charge in [-0.15, -0.1) is 0 Å². The van der Waals surface area contributed by atoms with Gasteiger partial charge in [-0.3, -0.25) is 0 Å². The van der Waals surface area contributed by atoms with Crippen molar-refractivity contribution < 1.29 is 13.2 Å². The summed E-state index contributed by atoms with van der Waals surface area (Å²) in [5.41, 5.74) is 1.44. The topological polar surface area (TPSA) is 29.9 Å². The van der Waals surface area contributed by atoms with Gasteiger partial charge in [0.25, 0.3) is 0 Å². The van der Waals surface area contributed by atoms with Gasteiger partial charge >= 0.3 is 6.18 Å². The van der Waals surface area contributed by atoms with E-state index in [-0.39, 0.29) is 5.92 Å². The van der Waals surface area contributed by atoms with Crippen molar-refractivity contribution in [2.45, 2.75) is 50.9 Å². The van der Waals surface area contributed by atoms with Crippen molar-refractivity contribution in [3.63, 3.8) is 0 Å². The standard InChI is InChI=1S/C12H16F3N3/c13-12(14,15)11-17-10(8-3-1-2-4-8)9-7-16-5-6-18(9)11/h8,16H,1-7H2. The third-order valence-electron chi connectivity index (χ3n) is 3.90. The van der Waals surface area contributed by atoms with E-state index in [1.807, 2.05) is 0 Å². The van der Waals surface area contributed by atoms with Crippen LogP contribution in [0.3, 0.4) is 0 Å². The normalized spacial score (nSPS) is 21.3. The van der Waals surface area contributed by atoms with Crippen LogP contribution in [0.4, 0.5) is 13.2 Å². The van der Waals surface area contributed by atoms with Crippen molar-refractivity contribution in [3.05, 3.63) is 17.2 Å². The number of fused-ring (bicyclic) bond motifs is 1. The van der Waals surface area contributed by atoms with Crippen LogP contribution >= 0.6 is 0 Å². The number of halogens is 3. The van der Waals surface area contributed by atoms with Gasteiger partial charge in [-0.05, 0) is 12.8 Å². The lowest BCUT2D eigenvalue weighted by atomic mass is 10.0. The Kier molecular flexibility index (Phi) is 2.84. The Labute approximate surface area is 103 Å². The first-order valence-corrected chi connectivity index (χ1v) is 6.44. The predicted octanol–water partition coefficient (Wildman–Crippen LogP) is 2.66. The quantitative estimate of drug-likeness (QED) is 0.840. The molecule has 1 aliphatic carbocycles. The molecule has 0 aromatic carbocycles. The summed E-state index contributed by atoms with van der Waals surface area (Å²) in [6, 6.07) is 0. The minimum atomic E-state index is -4.34. The largest absolute Gasteiger partial charge is 0.449 e. The molecule has 100 valence electrons. The zero-order chi connectivity index (χ0) is 12.8. The van der Waals surface area contributed by atoms with Crippen LogP contribution in [0.15, 0.2) is 0 Å². The van der Waals surface area contributed by atoms with Crippen LogP contribution in [-0.2, 0) is 19.3 Å². The lowest BCUT2D eigenvalue weighted by Crippen LogP contribution is -2.30. The summed E-state index contributed by atoms with van der Waals surface area (Å²) in [7, 11) is 0. The molecule has 6 heteroatoms. The predicted molar refractivity (Wildman–Crippen MR) is 60.1 cm³/mol. The number of hydrogen-bond donors (Lipinski definition) is 1. The first kappa shape index (κ1) is 12.0. The molecule has 1 aliphatic heterocycles. The van der Waals surface area contributed by atoms with E-state index in [1.165, 1.54) is 4.57 Å². The van der Waals surface area contributed by atoms with Gasteiger partial charge in [0.05, 0.1) is 11.4 Å². The smallest absolute Gasteiger partial charge is 0.322 e. The van der Waals surface area contributed by atoms with E-state index in [2.05, 4.69) is 10.3 Å². The number of hydrogen-bond acceptors (Lipinski definition) is 2. The molecule has 0 saturated heterocycles. The molecular weight excluding hydrogens is 243 g/mol. The van der Waals surface area contributed by atoms with E-state index in [1.54, 1.807) is 0 Å². The van der Waals surface area contributed by atoms with Gasteiger partial charge in [-0.2, -0.15) is 13.2 Å². The fourth-order valence-electron chi connectivity index (χ4n) is 3.07. The van der Waals surface area contributed by atoms with Crippen LogP contribution in [0, 0.1) is 0 Å². The van der Waals surface area contributed by atoms with Gasteiger partial charge in [0.2, 0.25) is 5.82 Å². The zero-order valence-electron chi connectivity index (χ0n) is 10.1. The molecule has 1 saturated carbocycles. The van der Waals surface area contributed by atoms with Crippen LogP contribution in [-0.4, -0.2) is 16.1 Å². The van der Waals surface area contributed by atoms with E-state index in [0.717, 1.165) is 31.4 Å². The molecule has 0 unspecified atom stereocenters. The highest BCUT2D eigenvalue weighted by atomic mass is 19.4. The average molecular weight is 259 g/mol. The summed E-state index contributed by atoms with van der Waals surface area (Å²) in [6.07, 6.45) is -0.191. The van der Waals surface area contributed by atoms with Crippen LogP contribution in [0.5, 0.6) is 0 Å². The van der Waals surface area contributed by atoms with Crippen molar-refractivity contribution >= 4 is 0 Å². The van der Waals surface area contributed by atoms with Gasteiger partial charge in [-0.1, -0.05) is 12.8 Å². The minimum Gasteiger partial charge on any atom is -0.322 e. The number of imidazole rings is 1. The van der Waals surface area contributed by atoms with Crippen molar-refractivity contribution in [2.24, 2.45) is 0 Å². The fourth-order valence-corrected chi connectivity index (χ4v) is 3.07. The maximum atomic E-state index is 13.0. The monoisotopic (exact) mass is 259 g/mol. The Balaban J connectivity index is 2.06. The molecule has 2 heterocycles. The second kappa shape index (κ2) is 4.26. The molecule has 1 fully saturated rings. The fraction of sp³-hybridized carbons (Fsp3) is 0.750. The van der Waals surface area contributed by atoms with Gasteiger partial charge in [0.15, 0.2) is 0 Å². The van der Waals surface area contributed by atoms with E-state index >= 15 is 0 Å². The summed E-state index contributed by atoms with van der Waals surface area (Å²) >= 11 is 0. The lowest BCUT2D eigenvalue weighted by molar-refractivity contribution is -0.147. The summed E-state index contributed by atoms with van der Waals surface area (Å²) < 4.78 is 40.3. The Bertz CT molecular complexity index is 444. The number of nitrogens with one attached hydrogen (secondary N) is 1. The highest BCUT2D eigenvalue weighted by molar-refractivity contribution is 5.24. The number of rotatable bonds is 1. The average Bonchev–Trinajstić information content (AvgIpc) is 2.94. The molecular formula is C12H16F3N3. The summed E-state index contributed by atoms with van der Waals surface area (Å²) in [4.78, 5) is 3.94. The third-order valence-corrected chi connectivity index (χ3v) is 3.90.